The molecule has 5 nitrogen and oxygen atoms in total. The van der Waals surface area contributed by atoms with Crippen LogP contribution >= 0.6 is 11.8 Å². The van der Waals surface area contributed by atoms with Crippen LogP contribution in [0.1, 0.15) is 31.0 Å². The number of nitrogens with zero attached hydrogens (tertiary/aromatic N) is 3. The third-order valence-electron chi connectivity index (χ3n) is 5.10. The number of thioether (sulfide) groups is 1. The van der Waals surface area contributed by atoms with Gasteiger partial charge < -0.3 is 4.90 Å². The molecule has 4 rings (SSSR count). The van der Waals surface area contributed by atoms with Crippen LogP contribution in [-0.2, 0) is 17.8 Å². The van der Waals surface area contributed by atoms with Gasteiger partial charge in [-0.25, -0.2) is 4.98 Å². The van der Waals surface area contributed by atoms with E-state index >= 15 is 0 Å². The molecule has 1 aliphatic heterocycles. The minimum absolute atomic E-state index is 0.0240. The average molecular weight is 394 g/mol. The molecule has 144 valence electrons. The highest BCUT2D eigenvalue weighted by Gasteiger charge is 2.22. The van der Waals surface area contributed by atoms with Gasteiger partial charge in [-0.15, -0.1) is 0 Å². The first kappa shape index (κ1) is 18.7. The van der Waals surface area contributed by atoms with Crippen LogP contribution in [-0.4, -0.2) is 32.7 Å². The van der Waals surface area contributed by atoms with Gasteiger partial charge in [0.15, 0.2) is 5.16 Å². The summed E-state index contributed by atoms with van der Waals surface area (Å²) in [5.41, 5.74) is 3.16. The second-order valence-electron chi connectivity index (χ2n) is 7.30. The van der Waals surface area contributed by atoms with Crippen LogP contribution in [0.5, 0.6) is 0 Å². The Morgan fingerprint density at radius 3 is 2.61 bits per heavy atom. The number of hydrogen-bond donors (Lipinski definition) is 0. The number of aromatic nitrogens is 2. The lowest BCUT2D eigenvalue weighted by Gasteiger charge is -2.29. The third kappa shape index (κ3) is 3.56. The number of rotatable bonds is 4. The van der Waals surface area contributed by atoms with Crippen LogP contribution in [0, 0.1) is 0 Å². The molecule has 0 fully saturated rings. The van der Waals surface area contributed by atoms with Crippen LogP contribution in [0.15, 0.2) is 58.5 Å². The number of fused-ring (bicyclic) bond motifs is 2. The van der Waals surface area contributed by atoms with E-state index in [-0.39, 0.29) is 23.3 Å². The van der Waals surface area contributed by atoms with Crippen molar-refractivity contribution in [1.82, 2.24) is 14.5 Å². The highest BCUT2D eigenvalue weighted by Crippen LogP contribution is 2.23. The van der Waals surface area contributed by atoms with Crippen molar-refractivity contribution in [1.29, 1.82) is 0 Å². The Morgan fingerprint density at radius 1 is 1.11 bits per heavy atom. The molecule has 1 aliphatic rings. The van der Waals surface area contributed by atoms with Crippen molar-refractivity contribution in [2.45, 2.75) is 38.0 Å². The third-order valence-corrected chi connectivity index (χ3v) is 6.04. The summed E-state index contributed by atoms with van der Waals surface area (Å²) in [6.07, 6.45) is 0.886. The second-order valence-corrected chi connectivity index (χ2v) is 8.25. The fourth-order valence-electron chi connectivity index (χ4n) is 3.61. The maximum Gasteiger partial charge on any atom is 0.262 e. The minimum atomic E-state index is -0.0533. The number of carbonyl (C=O) groups excluding carboxylic acids is 1. The Balaban J connectivity index is 1.55. The van der Waals surface area contributed by atoms with Gasteiger partial charge in [0.1, 0.15) is 0 Å². The van der Waals surface area contributed by atoms with Crippen LogP contribution in [0.3, 0.4) is 0 Å². The summed E-state index contributed by atoms with van der Waals surface area (Å²) >= 11 is 1.35. The number of hydrogen-bond acceptors (Lipinski definition) is 4. The molecule has 0 unspecified atom stereocenters. The summed E-state index contributed by atoms with van der Waals surface area (Å²) < 4.78 is 1.69. The number of para-hydroxylation sites is 1. The van der Waals surface area contributed by atoms with Crippen molar-refractivity contribution in [2.75, 3.05) is 12.3 Å². The van der Waals surface area contributed by atoms with Crippen molar-refractivity contribution < 1.29 is 4.79 Å². The van der Waals surface area contributed by atoms with E-state index in [1.165, 1.54) is 22.9 Å². The molecule has 0 saturated carbocycles. The molecule has 28 heavy (non-hydrogen) atoms. The molecule has 2 heterocycles. The maximum atomic E-state index is 12.9. The van der Waals surface area contributed by atoms with Gasteiger partial charge in [-0.05, 0) is 43.5 Å². The van der Waals surface area contributed by atoms with E-state index in [9.17, 15) is 9.59 Å². The number of benzene rings is 2. The van der Waals surface area contributed by atoms with E-state index in [0.29, 0.717) is 22.6 Å². The second kappa shape index (κ2) is 7.80. The van der Waals surface area contributed by atoms with Gasteiger partial charge in [0.2, 0.25) is 5.91 Å². The van der Waals surface area contributed by atoms with Crippen molar-refractivity contribution in [3.05, 3.63) is 70.0 Å². The molecule has 3 aromatic rings. The zero-order valence-electron chi connectivity index (χ0n) is 16.1. The Labute approximate surface area is 168 Å². The molecule has 1 amide bonds. The molecule has 2 aromatic carbocycles. The lowest BCUT2D eigenvalue weighted by molar-refractivity contribution is -0.129. The first-order valence-corrected chi connectivity index (χ1v) is 10.5. The quantitative estimate of drug-likeness (QED) is 0.501. The van der Waals surface area contributed by atoms with E-state index in [1.54, 1.807) is 10.6 Å². The SMILES string of the molecule is CC(C)n1c(SCC(=O)N2CCc3ccccc3C2)nc2ccccc2c1=O. The molecular formula is C22H23N3O2S. The summed E-state index contributed by atoms with van der Waals surface area (Å²) in [5, 5.41) is 1.21. The zero-order chi connectivity index (χ0) is 19.7. The molecule has 0 radical (unpaired) electrons. The van der Waals surface area contributed by atoms with E-state index in [2.05, 4.69) is 17.1 Å². The summed E-state index contributed by atoms with van der Waals surface area (Å²) in [5.74, 6) is 0.358. The Morgan fingerprint density at radius 2 is 1.82 bits per heavy atom. The lowest BCUT2D eigenvalue weighted by Crippen LogP contribution is -2.37. The van der Waals surface area contributed by atoms with E-state index in [4.69, 9.17) is 0 Å². The molecule has 1 aromatic heterocycles. The predicted molar refractivity (Wildman–Crippen MR) is 113 cm³/mol. The first-order chi connectivity index (χ1) is 13.5. The van der Waals surface area contributed by atoms with Gasteiger partial charge in [-0.1, -0.05) is 48.2 Å². The Kier molecular flexibility index (Phi) is 5.22. The molecule has 6 heteroatoms. The molecular weight excluding hydrogens is 370 g/mol. The average Bonchev–Trinajstić information content (AvgIpc) is 2.71. The topological polar surface area (TPSA) is 55.2 Å². The Bertz CT molecular complexity index is 1090. The fourth-order valence-corrected chi connectivity index (χ4v) is 4.64. The number of amides is 1. The van der Waals surface area contributed by atoms with Crippen molar-refractivity contribution >= 4 is 28.6 Å². The van der Waals surface area contributed by atoms with Gasteiger partial charge in [0, 0.05) is 19.1 Å². The maximum absolute atomic E-state index is 12.9. The largest absolute Gasteiger partial charge is 0.337 e. The normalized spacial score (nSPS) is 13.8. The highest BCUT2D eigenvalue weighted by molar-refractivity contribution is 7.99. The van der Waals surface area contributed by atoms with Crippen molar-refractivity contribution in [2.24, 2.45) is 0 Å². The molecule has 0 atom stereocenters. The molecule has 0 bridgehead atoms. The fraction of sp³-hybridized carbons (Fsp3) is 0.318. The lowest BCUT2D eigenvalue weighted by atomic mass is 10.00. The summed E-state index contributed by atoms with van der Waals surface area (Å²) in [4.78, 5) is 32.3. The molecule has 0 spiro atoms. The zero-order valence-corrected chi connectivity index (χ0v) is 16.9. The summed E-state index contributed by atoms with van der Waals surface area (Å²) in [7, 11) is 0. The van der Waals surface area contributed by atoms with Crippen molar-refractivity contribution in [3.63, 3.8) is 0 Å². The van der Waals surface area contributed by atoms with Gasteiger partial charge in [-0.2, -0.15) is 0 Å². The number of carbonyl (C=O) groups is 1. The van der Waals surface area contributed by atoms with Gasteiger partial charge in [-0.3, -0.25) is 14.2 Å². The van der Waals surface area contributed by atoms with Gasteiger partial charge in [0.05, 0.1) is 16.7 Å². The van der Waals surface area contributed by atoms with E-state index in [1.807, 2.05) is 49.1 Å². The monoisotopic (exact) mass is 393 g/mol. The van der Waals surface area contributed by atoms with Crippen LogP contribution < -0.4 is 5.56 Å². The van der Waals surface area contributed by atoms with Crippen LogP contribution in [0.25, 0.3) is 10.9 Å². The standard InChI is InChI=1S/C22H23N3O2S/c1-15(2)25-21(27)18-9-5-6-10-19(18)23-22(25)28-14-20(26)24-12-11-16-7-3-4-8-17(16)13-24/h3-10,15H,11-14H2,1-2H3. The highest BCUT2D eigenvalue weighted by atomic mass is 32.2. The summed E-state index contributed by atoms with van der Waals surface area (Å²) in [6.45, 7) is 5.31. The smallest absolute Gasteiger partial charge is 0.262 e. The first-order valence-electron chi connectivity index (χ1n) is 9.53. The van der Waals surface area contributed by atoms with Gasteiger partial charge >= 0.3 is 0 Å². The minimum Gasteiger partial charge on any atom is -0.337 e. The molecule has 0 aliphatic carbocycles. The molecule has 0 saturated heterocycles. The van der Waals surface area contributed by atoms with Crippen LogP contribution in [0.2, 0.25) is 0 Å². The van der Waals surface area contributed by atoms with Crippen molar-refractivity contribution in [3.8, 4) is 0 Å². The van der Waals surface area contributed by atoms with Crippen LogP contribution in [0.4, 0.5) is 0 Å². The van der Waals surface area contributed by atoms with Gasteiger partial charge in [0.25, 0.3) is 5.56 Å². The predicted octanol–water partition coefficient (Wildman–Crippen LogP) is 3.65. The Hall–Kier alpha value is -2.60. The van der Waals surface area contributed by atoms with E-state index < -0.39 is 0 Å². The summed E-state index contributed by atoms with van der Waals surface area (Å²) in [6, 6.07) is 15.6. The van der Waals surface area contributed by atoms with E-state index in [0.717, 1.165) is 13.0 Å². The molecule has 0 N–H and O–H groups in total.